The Bertz CT molecular complexity index is 922. The molecule has 0 unspecified atom stereocenters. The van der Waals surface area contributed by atoms with Crippen LogP contribution in [-0.2, 0) is 6.54 Å². The topological polar surface area (TPSA) is 59.4 Å². The van der Waals surface area contributed by atoms with Gasteiger partial charge >= 0.3 is 6.61 Å². The first-order valence-electron chi connectivity index (χ1n) is 8.56. The monoisotopic (exact) mass is 386 g/mol. The van der Waals surface area contributed by atoms with E-state index in [4.69, 9.17) is 0 Å². The van der Waals surface area contributed by atoms with E-state index >= 15 is 0 Å². The van der Waals surface area contributed by atoms with Crippen LogP contribution in [0.4, 0.5) is 20.3 Å². The number of nitrogens with one attached hydrogen (secondary N) is 1. The second kappa shape index (κ2) is 8.51. The molecule has 0 saturated carbocycles. The van der Waals surface area contributed by atoms with E-state index in [2.05, 4.69) is 15.2 Å². The van der Waals surface area contributed by atoms with Gasteiger partial charge in [0.1, 0.15) is 11.6 Å². The number of aromatic nitrogens is 2. The smallest absolute Gasteiger partial charge is 0.387 e. The van der Waals surface area contributed by atoms with E-state index in [-0.39, 0.29) is 11.7 Å². The van der Waals surface area contributed by atoms with Crippen molar-refractivity contribution >= 4 is 17.4 Å². The van der Waals surface area contributed by atoms with Gasteiger partial charge in [-0.3, -0.25) is 4.79 Å². The standard InChI is InChI=1S/C20H20F2N4O2/c1-25(2)16-7-3-14(4-8-16)13-26-18(11-12-23-26)24-19(27)15-5-9-17(10-6-15)28-20(21)22/h3-12,20H,13H2,1-2H3,(H,24,27). The van der Waals surface area contributed by atoms with Crippen molar-refractivity contribution in [2.45, 2.75) is 13.2 Å². The third-order valence-electron chi connectivity index (χ3n) is 4.08. The van der Waals surface area contributed by atoms with Crippen LogP contribution in [0.3, 0.4) is 0 Å². The molecule has 3 aromatic rings. The van der Waals surface area contributed by atoms with Crippen LogP contribution in [0.1, 0.15) is 15.9 Å². The predicted molar refractivity (Wildman–Crippen MR) is 103 cm³/mol. The minimum Gasteiger partial charge on any atom is -0.435 e. The first-order chi connectivity index (χ1) is 13.4. The fourth-order valence-electron chi connectivity index (χ4n) is 2.61. The number of amides is 1. The number of hydrogen-bond acceptors (Lipinski definition) is 4. The van der Waals surface area contributed by atoms with Gasteiger partial charge in [0, 0.05) is 31.4 Å². The van der Waals surface area contributed by atoms with Gasteiger partial charge < -0.3 is 15.0 Å². The lowest BCUT2D eigenvalue weighted by Crippen LogP contribution is -2.16. The van der Waals surface area contributed by atoms with E-state index in [9.17, 15) is 13.6 Å². The van der Waals surface area contributed by atoms with Crippen molar-refractivity contribution in [3.63, 3.8) is 0 Å². The number of alkyl halides is 2. The van der Waals surface area contributed by atoms with Crippen molar-refractivity contribution in [3.8, 4) is 5.75 Å². The molecule has 0 fully saturated rings. The number of benzene rings is 2. The predicted octanol–water partition coefficient (Wildman–Crippen LogP) is 3.85. The summed E-state index contributed by atoms with van der Waals surface area (Å²) in [5.74, 6) is 0.167. The molecule has 0 radical (unpaired) electrons. The van der Waals surface area contributed by atoms with Crippen LogP contribution >= 0.6 is 0 Å². The average Bonchev–Trinajstić information content (AvgIpc) is 3.09. The summed E-state index contributed by atoms with van der Waals surface area (Å²) in [5, 5.41) is 7.03. The molecule has 6 nitrogen and oxygen atoms in total. The van der Waals surface area contributed by atoms with Gasteiger partial charge in [-0.05, 0) is 42.0 Å². The van der Waals surface area contributed by atoms with E-state index < -0.39 is 6.61 Å². The molecule has 3 rings (SSSR count). The first-order valence-corrected chi connectivity index (χ1v) is 8.56. The second-order valence-corrected chi connectivity index (χ2v) is 6.29. The summed E-state index contributed by atoms with van der Waals surface area (Å²) in [7, 11) is 3.95. The molecule has 1 aromatic heterocycles. The minimum atomic E-state index is -2.90. The molecule has 8 heteroatoms. The molecule has 1 N–H and O–H groups in total. The van der Waals surface area contributed by atoms with Crippen molar-refractivity contribution < 1.29 is 18.3 Å². The molecular formula is C20H20F2N4O2. The largest absolute Gasteiger partial charge is 0.435 e. The Morgan fingerprint density at radius 1 is 1.11 bits per heavy atom. The van der Waals surface area contributed by atoms with Gasteiger partial charge in [0.2, 0.25) is 0 Å². The molecule has 0 atom stereocenters. The van der Waals surface area contributed by atoms with Gasteiger partial charge in [0.15, 0.2) is 0 Å². The van der Waals surface area contributed by atoms with Crippen molar-refractivity contribution in [1.29, 1.82) is 0 Å². The number of carbonyl (C=O) groups is 1. The Labute approximate surface area is 161 Å². The van der Waals surface area contributed by atoms with E-state index in [1.165, 1.54) is 24.3 Å². The number of halogens is 2. The SMILES string of the molecule is CN(C)c1ccc(Cn2nccc2NC(=O)c2ccc(OC(F)F)cc2)cc1. The molecule has 0 aliphatic rings. The zero-order valence-corrected chi connectivity index (χ0v) is 15.5. The molecule has 2 aromatic carbocycles. The Morgan fingerprint density at radius 2 is 1.79 bits per heavy atom. The van der Waals surface area contributed by atoms with E-state index in [1.807, 2.05) is 43.3 Å². The van der Waals surface area contributed by atoms with Gasteiger partial charge in [-0.15, -0.1) is 0 Å². The summed E-state index contributed by atoms with van der Waals surface area (Å²) in [6.07, 6.45) is 1.60. The van der Waals surface area contributed by atoms with Crippen molar-refractivity contribution in [1.82, 2.24) is 9.78 Å². The maximum Gasteiger partial charge on any atom is 0.387 e. The zero-order valence-electron chi connectivity index (χ0n) is 15.5. The minimum absolute atomic E-state index is 0.00207. The molecule has 0 spiro atoms. The van der Waals surface area contributed by atoms with Gasteiger partial charge in [0.05, 0.1) is 12.7 Å². The summed E-state index contributed by atoms with van der Waals surface area (Å²) < 4.78 is 30.4. The van der Waals surface area contributed by atoms with Crippen molar-refractivity contribution in [3.05, 3.63) is 71.9 Å². The lowest BCUT2D eigenvalue weighted by atomic mass is 10.2. The quantitative estimate of drug-likeness (QED) is 0.670. The van der Waals surface area contributed by atoms with Crippen LogP contribution in [0.15, 0.2) is 60.8 Å². The molecule has 28 heavy (non-hydrogen) atoms. The highest BCUT2D eigenvalue weighted by Gasteiger charge is 2.11. The van der Waals surface area contributed by atoms with Crippen LogP contribution in [0.5, 0.6) is 5.75 Å². The van der Waals surface area contributed by atoms with E-state index in [1.54, 1.807) is 16.9 Å². The Kier molecular flexibility index (Phi) is 5.88. The fourth-order valence-corrected chi connectivity index (χ4v) is 2.61. The van der Waals surface area contributed by atoms with Gasteiger partial charge in [0.25, 0.3) is 5.91 Å². The Morgan fingerprint density at radius 3 is 2.39 bits per heavy atom. The second-order valence-electron chi connectivity index (χ2n) is 6.29. The van der Waals surface area contributed by atoms with Crippen LogP contribution in [0, 0.1) is 0 Å². The van der Waals surface area contributed by atoms with Gasteiger partial charge in [-0.1, -0.05) is 12.1 Å². The third-order valence-corrected chi connectivity index (χ3v) is 4.08. The van der Waals surface area contributed by atoms with Crippen molar-refractivity contribution in [2.75, 3.05) is 24.3 Å². The number of hydrogen-bond donors (Lipinski definition) is 1. The fraction of sp³-hybridized carbons (Fsp3) is 0.200. The van der Waals surface area contributed by atoms with Crippen LogP contribution in [-0.4, -0.2) is 36.4 Å². The highest BCUT2D eigenvalue weighted by atomic mass is 19.3. The lowest BCUT2D eigenvalue weighted by molar-refractivity contribution is -0.0498. The number of rotatable bonds is 7. The first kappa shape index (κ1) is 19.3. The maximum atomic E-state index is 12.4. The molecular weight excluding hydrogens is 366 g/mol. The molecule has 0 bridgehead atoms. The van der Waals surface area contributed by atoms with Crippen LogP contribution < -0.4 is 15.0 Å². The Balaban J connectivity index is 1.67. The maximum absolute atomic E-state index is 12.4. The number of carbonyl (C=O) groups excluding carboxylic acids is 1. The highest BCUT2D eigenvalue weighted by Crippen LogP contribution is 2.18. The molecule has 146 valence electrons. The molecule has 0 aliphatic carbocycles. The highest BCUT2D eigenvalue weighted by molar-refractivity contribution is 6.03. The molecule has 0 saturated heterocycles. The average molecular weight is 386 g/mol. The summed E-state index contributed by atoms with van der Waals surface area (Å²) in [6, 6.07) is 15.2. The zero-order chi connectivity index (χ0) is 20.1. The van der Waals surface area contributed by atoms with Gasteiger partial charge in [-0.2, -0.15) is 13.9 Å². The molecule has 1 heterocycles. The Hall–Kier alpha value is -3.42. The molecule has 0 aliphatic heterocycles. The summed E-state index contributed by atoms with van der Waals surface area (Å²) in [6.45, 7) is -2.40. The third kappa shape index (κ3) is 4.85. The summed E-state index contributed by atoms with van der Waals surface area (Å²) in [5.41, 5.74) is 2.46. The number of nitrogens with zero attached hydrogens (tertiary/aromatic N) is 3. The van der Waals surface area contributed by atoms with Crippen LogP contribution in [0.2, 0.25) is 0 Å². The number of ether oxygens (including phenoxy) is 1. The van der Waals surface area contributed by atoms with E-state index in [0.29, 0.717) is 17.9 Å². The van der Waals surface area contributed by atoms with Crippen molar-refractivity contribution in [2.24, 2.45) is 0 Å². The summed E-state index contributed by atoms with van der Waals surface area (Å²) in [4.78, 5) is 14.4. The lowest BCUT2D eigenvalue weighted by Gasteiger charge is -2.13. The number of anilines is 2. The summed E-state index contributed by atoms with van der Waals surface area (Å²) >= 11 is 0. The van der Waals surface area contributed by atoms with E-state index in [0.717, 1.165) is 11.3 Å². The van der Waals surface area contributed by atoms with Crippen LogP contribution in [0.25, 0.3) is 0 Å². The van der Waals surface area contributed by atoms with Gasteiger partial charge in [-0.25, -0.2) is 4.68 Å². The molecule has 1 amide bonds. The normalized spacial score (nSPS) is 10.8.